The van der Waals surface area contributed by atoms with Crippen LogP contribution >= 0.6 is 0 Å². The Labute approximate surface area is 110 Å². The van der Waals surface area contributed by atoms with Crippen molar-refractivity contribution in [1.82, 2.24) is 25.3 Å². The van der Waals surface area contributed by atoms with Crippen LogP contribution in [0.25, 0.3) is 0 Å². The van der Waals surface area contributed by atoms with Gasteiger partial charge < -0.3 is 5.32 Å². The third-order valence-corrected chi connectivity index (χ3v) is 3.94. The summed E-state index contributed by atoms with van der Waals surface area (Å²) >= 11 is 0. The number of para-hydroxylation sites is 1. The number of aromatic nitrogens is 4. The molecule has 0 saturated heterocycles. The molecule has 0 radical (unpaired) electrons. The summed E-state index contributed by atoms with van der Waals surface area (Å²) in [6, 6.07) is 6.65. The Morgan fingerprint density at radius 1 is 1.32 bits per heavy atom. The summed E-state index contributed by atoms with van der Waals surface area (Å²) < 4.78 is 26.5. The van der Waals surface area contributed by atoms with Gasteiger partial charge in [-0.3, -0.25) is 0 Å². The van der Waals surface area contributed by atoms with Crippen molar-refractivity contribution in [3.05, 3.63) is 30.1 Å². The van der Waals surface area contributed by atoms with Gasteiger partial charge >= 0.3 is 0 Å². The summed E-state index contributed by atoms with van der Waals surface area (Å²) in [5, 5.41) is 16.3. The van der Waals surface area contributed by atoms with Crippen molar-refractivity contribution in [3.63, 3.8) is 0 Å². The Bertz CT molecular complexity index is 625. The van der Waals surface area contributed by atoms with Crippen LogP contribution in [-0.4, -0.2) is 35.6 Å². The minimum Gasteiger partial charge on any atom is -0.376 e. The van der Waals surface area contributed by atoms with Crippen LogP contribution < -0.4 is 10.0 Å². The first-order valence-corrected chi connectivity index (χ1v) is 7.16. The smallest absolute Gasteiger partial charge is 0.242 e. The number of anilines is 1. The first-order chi connectivity index (χ1) is 9.13. The van der Waals surface area contributed by atoms with Gasteiger partial charge in [-0.2, -0.15) is 5.21 Å². The molecule has 8 nitrogen and oxygen atoms in total. The normalized spacial score (nSPS) is 11.4. The van der Waals surface area contributed by atoms with Crippen LogP contribution in [0.3, 0.4) is 0 Å². The van der Waals surface area contributed by atoms with Crippen LogP contribution in [0.1, 0.15) is 12.7 Å². The lowest BCUT2D eigenvalue weighted by Crippen LogP contribution is -2.24. The van der Waals surface area contributed by atoms with Crippen molar-refractivity contribution >= 4 is 15.7 Å². The van der Waals surface area contributed by atoms with Crippen molar-refractivity contribution in [1.29, 1.82) is 0 Å². The molecule has 0 aliphatic rings. The second kappa shape index (κ2) is 5.76. The molecule has 0 saturated carbocycles. The topological polar surface area (TPSA) is 113 Å². The zero-order chi connectivity index (χ0) is 13.7. The second-order valence-electron chi connectivity index (χ2n) is 3.68. The van der Waals surface area contributed by atoms with Crippen LogP contribution in [-0.2, 0) is 16.6 Å². The SMILES string of the molecule is CCNS(=O)(=O)c1ccccc1NCc1nn[nH]n1. The van der Waals surface area contributed by atoms with Crippen LogP contribution in [0.15, 0.2) is 29.2 Å². The zero-order valence-corrected chi connectivity index (χ0v) is 11.1. The Morgan fingerprint density at radius 2 is 2.11 bits per heavy atom. The first-order valence-electron chi connectivity index (χ1n) is 5.68. The predicted octanol–water partition coefficient (Wildman–Crippen LogP) is 0.110. The molecule has 1 aromatic carbocycles. The number of benzene rings is 1. The molecule has 2 aromatic rings. The fraction of sp³-hybridized carbons (Fsp3) is 0.300. The molecule has 0 aliphatic heterocycles. The van der Waals surface area contributed by atoms with Gasteiger partial charge in [0, 0.05) is 6.54 Å². The number of tetrazole rings is 1. The van der Waals surface area contributed by atoms with Crippen LogP contribution in [0, 0.1) is 0 Å². The molecule has 0 amide bonds. The van der Waals surface area contributed by atoms with Crippen molar-refractivity contribution in [2.75, 3.05) is 11.9 Å². The van der Waals surface area contributed by atoms with Gasteiger partial charge in [0.1, 0.15) is 4.90 Å². The van der Waals surface area contributed by atoms with Crippen molar-refractivity contribution in [3.8, 4) is 0 Å². The molecule has 102 valence electrons. The van der Waals surface area contributed by atoms with Crippen molar-refractivity contribution in [2.45, 2.75) is 18.4 Å². The fourth-order valence-electron chi connectivity index (χ4n) is 1.55. The summed E-state index contributed by atoms with van der Waals surface area (Å²) in [4.78, 5) is 0.195. The molecule has 2 rings (SSSR count). The molecule has 1 heterocycles. The van der Waals surface area contributed by atoms with Gasteiger partial charge in [-0.1, -0.05) is 24.3 Å². The van der Waals surface area contributed by atoms with Gasteiger partial charge in [0.2, 0.25) is 10.0 Å². The molecular weight excluding hydrogens is 268 g/mol. The van der Waals surface area contributed by atoms with Crippen molar-refractivity contribution in [2.24, 2.45) is 0 Å². The third-order valence-electron chi connectivity index (χ3n) is 2.34. The summed E-state index contributed by atoms with van der Waals surface area (Å²) in [7, 11) is -3.51. The maximum atomic E-state index is 12.0. The maximum absolute atomic E-state index is 12.0. The molecule has 0 atom stereocenters. The Hall–Kier alpha value is -2.00. The summed E-state index contributed by atoms with van der Waals surface area (Å²) in [5.41, 5.74) is 0.494. The number of H-pyrrole nitrogens is 1. The van der Waals surface area contributed by atoms with Crippen LogP contribution in [0.2, 0.25) is 0 Å². The molecule has 0 bridgehead atoms. The van der Waals surface area contributed by atoms with Gasteiger partial charge in [0.25, 0.3) is 0 Å². The lowest BCUT2D eigenvalue weighted by Gasteiger charge is -2.11. The highest BCUT2D eigenvalue weighted by Crippen LogP contribution is 2.20. The first kappa shape index (κ1) is 13.4. The number of hydrogen-bond acceptors (Lipinski definition) is 6. The van der Waals surface area contributed by atoms with E-state index in [0.717, 1.165) is 0 Å². The van der Waals surface area contributed by atoms with E-state index in [1.54, 1.807) is 25.1 Å². The number of aromatic amines is 1. The standard InChI is InChI=1S/C10H14N6O2S/c1-2-12-19(17,18)9-6-4-3-5-8(9)11-7-10-13-15-16-14-10/h3-6,11-12H,2,7H2,1H3,(H,13,14,15,16). The van der Waals surface area contributed by atoms with Crippen molar-refractivity contribution < 1.29 is 8.42 Å². The highest BCUT2D eigenvalue weighted by atomic mass is 32.2. The number of nitrogens with one attached hydrogen (secondary N) is 3. The molecular formula is C10H14N6O2S. The van der Waals surface area contributed by atoms with Gasteiger partial charge in [-0.05, 0) is 12.1 Å². The average Bonchev–Trinajstić information content (AvgIpc) is 2.90. The third kappa shape index (κ3) is 3.26. The minimum atomic E-state index is -3.51. The molecule has 0 aliphatic carbocycles. The Morgan fingerprint density at radius 3 is 2.79 bits per heavy atom. The number of hydrogen-bond donors (Lipinski definition) is 3. The van der Waals surface area contributed by atoms with E-state index in [-0.39, 0.29) is 11.4 Å². The van der Waals surface area contributed by atoms with E-state index in [1.165, 1.54) is 6.07 Å². The number of nitrogens with zero attached hydrogens (tertiary/aromatic N) is 3. The van der Waals surface area contributed by atoms with E-state index in [2.05, 4.69) is 30.7 Å². The zero-order valence-electron chi connectivity index (χ0n) is 10.3. The van der Waals surface area contributed by atoms with E-state index in [0.29, 0.717) is 18.1 Å². The molecule has 9 heteroatoms. The van der Waals surface area contributed by atoms with E-state index in [9.17, 15) is 8.42 Å². The summed E-state index contributed by atoms with van der Waals surface area (Å²) in [6.45, 7) is 2.35. The fourth-order valence-corrected chi connectivity index (χ4v) is 2.77. The highest BCUT2D eigenvalue weighted by molar-refractivity contribution is 7.89. The molecule has 0 spiro atoms. The maximum Gasteiger partial charge on any atom is 0.242 e. The van der Waals surface area contributed by atoms with Gasteiger partial charge in [-0.25, -0.2) is 13.1 Å². The van der Waals surface area contributed by atoms with Gasteiger partial charge in [0.05, 0.1) is 12.2 Å². The van der Waals surface area contributed by atoms with Crippen LogP contribution in [0.4, 0.5) is 5.69 Å². The Balaban J connectivity index is 2.21. The Kier molecular flexibility index (Phi) is 4.07. The molecule has 0 unspecified atom stereocenters. The average molecular weight is 282 g/mol. The number of sulfonamides is 1. The number of rotatable bonds is 6. The van der Waals surface area contributed by atoms with Gasteiger partial charge in [-0.15, -0.1) is 10.2 Å². The largest absolute Gasteiger partial charge is 0.376 e. The minimum absolute atomic E-state index is 0.195. The summed E-state index contributed by atoms with van der Waals surface area (Å²) in [6.07, 6.45) is 0. The van der Waals surface area contributed by atoms with Gasteiger partial charge in [0.15, 0.2) is 5.82 Å². The molecule has 19 heavy (non-hydrogen) atoms. The second-order valence-corrected chi connectivity index (χ2v) is 5.41. The van der Waals surface area contributed by atoms with E-state index in [1.807, 2.05) is 0 Å². The quantitative estimate of drug-likeness (QED) is 0.693. The molecule has 3 N–H and O–H groups in total. The summed E-state index contributed by atoms with van der Waals surface area (Å²) in [5.74, 6) is 0.454. The predicted molar refractivity (Wildman–Crippen MR) is 68.8 cm³/mol. The van der Waals surface area contributed by atoms with E-state index < -0.39 is 10.0 Å². The van der Waals surface area contributed by atoms with E-state index in [4.69, 9.17) is 0 Å². The van der Waals surface area contributed by atoms with Crippen LogP contribution in [0.5, 0.6) is 0 Å². The molecule has 1 aromatic heterocycles. The monoisotopic (exact) mass is 282 g/mol. The molecule has 0 fully saturated rings. The highest BCUT2D eigenvalue weighted by Gasteiger charge is 2.16. The van der Waals surface area contributed by atoms with E-state index >= 15 is 0 Å². The lowest BCUT2D eigenvalue weighted by molar-refractivity contribution is 0.584. The lowest BCUT2D eigenvalue weighted by atomic mass is 10.3.